The predicted octanol–water partition coefficient (Wildman–Crippen LogP) is 1.18. The molecule has 1 aromatic rings. The lowest BCUT2D eigenvalue weighted by molar-refractivity contribution is -0.124. The Hall–Kier alpha value is -1.11. The number of likely N-dealkylation sites (N-methyl/N-ethyl adjacent to an activating group) is 1. The van der Waals surface area contributed by atoms with Crippen molar-refractivity contribution in [2.24, 2.45) is 7.05 Å². The van der Waals surface area contributed by atoms with Crippen LogP contribution in [0.4, 0.5) is 0 Å². The minimum Gasteiger partial charge on any atom is -0.378 e. The van der Waals surface area contributed by atoms with E-state index in [0.29, 0.717) is 0 Å². The molecule has 2 rings (SSSR count). The molecule has 6 nitrogen and oxygen atoms in total. The molecular formula is C14H25ClN4O2. The molecule has 0 bridgehead atoms. The van der Waals surface area contributed by atoms with Crippen molar-refractivity contribution in [3.63, 3.8) is 0 Å². The molecule has 21 heavy (non-hydrogen) atoms. The second-order valence-corrected chi connectivity index (χ2v) is 5.45. The van der Waals surface area contributed by atoms with E-state index in [-0.39, 0.29) is 36.5 Å². The summed E-state index contributed by atoms with van der Waals surface area (Å²) >= 11 is 0. The zero-order valence-corrected chi connectivity index (χ0v) is 13.7. The molecule has 2 N–H and O–H groups in total. The van der Waals surface area contributed by atoms with Crippen molar-refractivity contribution < 1.29 is 9.53 Å². The van der Waals surface area contributed by atoms with Crippen LogP contribution < -0.4 is 10.6 Å². The molecule has 1 saturated heterocycles. The summed E-state index contributed by atoms with van der Waals surface area (Å²) in [4.78, 5) is 12.3. The molecule has 2 heterocycles. The lowest BCUT2D eigenvalue weighted by atomic mass is 10.1. The number of aromatic nitrogens is 2. The molecule has 3 unspecified atom stereocenters. The van der Waals surface area contributed by atoms with E-state index in [1.54, 1.807) is 17.9 Å². The second-order valence-electron chi connectivity index (χ2n) is 5.45. The van der Waals surface area contributed by atoms with Crippen molar-refractivity contribution in [1.82, 2.24) is 20.4 Å². The van der Waals surface area contributed by atoms with Gasteiger partial charge in [-0.05, 0) is 33.2 Å². The molecule has 3 atom stereocenters. The van der Waals surface area contributed by atoms with E-state index in [1.165, 1.54) is 0 Å². The van der Waals surface area contributed by atoms with E-state index < -0.39 is 0 Å². The largest absolute Gasteiger partial charge is 0.378 e. The summed E-state index contributed by atoms with van der Waals surface area (Å²) in [5, 5.41) is 10.2. The predicted molar refractivity (Wildman–Crippen MR) is 83.5 cm³/mol. The van der Waals surface area contributed by atoms with Gasteiger partial charge in [-0.25, -0.2) is 0 Å². The Morgan fingerprint density at radius 1 is 1.62 bits per heavy atom. The van der Waals surface area contributed by atoms with Crippen molar-refractivity contribution in [2.45, 2.75) is 44.4 Å². The third kappa shape index (κ3) is 4.98. The van der Waals surface area contributed by atoms with Crippen molar-refractivity contribution in [2.75, 3.05) is 13.7 Å². The maximum Gasteiger partial charge on any atom is 0.242 e. The number of rotatable bonds is 6. The van der Waals surface area contributed by atoms with Gasteiger partial charge in [0, 0.05) is 31.5 Å². The van der Waals surface area contributed by atoms with Crippen LogP contribution in [0.5, 0.6) is 0 Å². The van der Waals surface area contributed by atoms with Gasteiger partial charge in [-0.1, -0.05) is 0 Å². The van der Waals surface area contributed by atoms with Gasteiger partial charge in [0.15, 0.2) is 0 Å². The van der Waals surface area contributed by atoms with Gasteiger partial charge in [0.2, 0.25) is 5.91 Å². The summed E-state index contributed by atoms with van der Waals surface area (Å²) in [7, 11) is 3.62. The van der Waals surface area contributed by atoms with E-state index in [0.717, 1.165) is 31.4 Å². The summed E-state index contributed by atoms with van der Waals surface area (Å²) < 4.78 is 7.30. The zero-order chi connectivity index (χ0) is 14.5. The smallest absolute Gasteiger partial charge is 0.242 e. The summed E-state index contributed by atoms with van der Waals surface area (Å²) in [6, 6.07) is -0.256. The molecule has 1 aliphatic heterocycles. The fourth-order valence-electron chi connectivity index (χ4n) is 2.65. The maximum absolute atomic E-state index is 12.3. The number of hydrogen-bond donors (Lipinski definition) is 2. The van der Waals surface area contributed by atoms with Crippen LogP contribution in [0.25, 0.3) is 0 Å². The molecule has 1 amide bonds. The minimum absolute atomic E-state index is 0. The van der Waals surface area contributed by atoms with Gasteiger partial charge in [0.1, 0.15) is 6.04 Å². The highest BCUT2D eigenvalue weighted by molar-refractivity contribution is 5.85. The topological polar surface area (TPSA) is 68.2 Å². The summed E-state index contributed by atoms with van der Waals surface area (Å²) in [6.45, 7) is 2.87. The molecule has 1 aliphatic rings. The fourth-order valence-corrected chi connectivity index (χ4v) is 2.65. The Kier molecular flexibility index (Phi) is 7.14. The number of carbonyl (C=O) groups excluding carboxylic acids is 1. The first-order valence-corrected chi connectivity index (χ1v) is 7.18. The van der Waals surface area contributed by atoms with Crippen LogP contribution in [0, 0.1) is 0 Å². The highest BCUT2D eigenvalue weighted by Crippen LogP contribution is 2.17. The van der Waals surface area contributed by atoms with Crippen molar-refractivity contribution in [1.29, 1.82) is 0 Å². The Morgan fingerprint density at radius 3 is 2.90 bits per heavy atom. The number of amides is 1. The third-order valence-corrected chi connectivity index (χ3v) is 3.64. The van der Waals surface area contributed by atoms with Crippen LogP contribution >= 0.6 is 12.4 Å². The number of nitrogens with one attached hydrogen (secondary N) is 2. The average molecular weight is 317 g/mol. The monoisotopic (exact) mass is 316 g/mol. The average Bonchev–Trinajstić information content (AvgIpc) is 3.02. The van der Waals surface area contributed by atoms with Crippen molar-refractivity contribution in [3.8, 4) is 0 Å². The zero-order valence-electron chi connectivity index (χ0n) is 12.8. The number of carbonyl (C=O) groups is 1. The first-order valence-electron chi connectivity index (χ1n) is 7.18. The van der Waals surface area contributed by atoms with Gasteiger partial charge in [0.05, 0.1) is 12.3 Å². The van der Waals surface area contributed by atoms with Gasteiger partial charge < -0.3 is 15.4 Å². The number of hydrogen-bond acceptors (Lipinski definition) is 4. The number of halogens is 1. The Labute approximate surface area is 132 Å². The van der Waals surface area contributed by atoms with Crippen molar-refractivity contribution >= 4 is 18.3 Å². The highest BCUT2D eigenvalue weighted by atomic mass is 35.5. The first kappa shape index (κ1) is 17.9. The number of nitrogens with zero attached hydrogens (tertiary/aromatic N) is 2. The lowest BCUT2D eigenvalue weighted by Gasteiger charge is -2.21. The minimum atomic E-state index is -0.365. The Morgan fingerprint density at radius 2 is 2.38 bits per heavy atom. The molecule has 0 spiro atoms. The van der Waals surface area contributed by atoms with Crippen LogP contribution in [0.15, 0.2) is 12.4 Å². The van der Waals surface area contributed by atoms with E-state index in [9.17, 15) is 4.79 Å². The van der Waals surface area contributed by atoms with Gasteiger partial charge in [-0.15, -0.1) is 12.4 Å². The molecule has 0 aromatic carbocycles. The molecule has 1 fully saturated rings. The summed E-state index contributed by atoms with van der Waals surface area (Å²) in [5.41, 5.74) is 0.872. The normalized spacial score (nSPS) is 20.6. The summed E-state index contributed by atoms with van der Waals surface area (Å²) in [5.74, 6) is -0.0222. The first-order chi connectivity index (χ1) is 9.60. The van der Waals surface area contributed by atoms with Crippen LogP contribution in [0.2, 0.25) is 0 Å². The van der Waals surface area contributed by atoms with Gasteiger partial charge in [0.25, 0.3) is 0 Å². The van der Waals surface area contributed by atoms with E-state index in [4.69, 9.17) is 4.74 Å². The van der Waals surface area contributed by atoms with Crippen LogP contribution in [-0.2, 0) is 16.6 Å². The number of aryl methyl sites for hydroxylation is 1. The van der Waals surface area contributed by atoms with E-state index >= 15 is 0 Å². The second kappa shape index (κ2) is 8.36. The van der Waals surface area contributed by atoms with Gasteiger partial charge in [-0.2, -0.15) is 5.10 Å². The Balaban J connectivity index is 0.00000220. The Bertz CT molecular complexity index is 446. The fraction of sp³-hybridized carbons (Fsp3) is 0.714. The standard InChI is InChI=1S/C14H24N4O2.ClH/c1-10(7-12-5-4-6-20-12)17-14(19)13(15-2)11-8-16-18(3)9-11;/h8-10,12-13,15H,4-7H2,1-3H3,(H,17,19);1H. The van der Waals surface area contributed by atoms with E-state index in [1.807, 2.05) is 20.2 Å². The molecule has 120 valence electrons. The lowest BCUT2D eigenvalue weighted by Crippen LogP contribution is -2.41. The maximum atomic E-state index is 12.3. The summed E-state index contributed by atoms with van der Waals surface area (Å²) in [6.07, 6.45) is 6.95. The van der Waals surface area contributed by atoms with Crippen molar-refractivity contribution in [3.05, 3.63) is 18.0 Å². The molecule has 0 saturated carbocycles. The van der Waals surface area contributed by atoms with Crippen LogP contribution in [0.3, 0.4) is 0 Å². The molecular weight excluding hydrogens is 292 g/mol. The SMILES string of the molecule is CNC(C(=O)NC(C)CC1CCCO1)c1cnn(C)c1.Cl. The third-order valence-electron chi connectivity index (χ3n) is 3.64. The molecule has 7 heteroatoms. The van der Waals surface area contributed by atoms with Gasteiger partial charge in [-0.3, -0.25) is 9.48 Å². The van der Waals surface area contributed by atoms with Crippen LogP contribution in [0.1, 0.15) is 37.8 Å². The van der Waals surface area contributed by atoms with Crippen LogP contribution in [-0.4, -0.2) is 41.5 Å². The molecule has 0 aliphatic carbocycles. The molecule has 0 radical (unpaired) electrons. The van der Waals surface area contributed by atoms with Gasteiger partial charge >= 0.3 is 0 Å². The van der Waals surface area contributed by atoms with E-state index in [2.05, 4.69) is 15.7 Å². The number of ether oxygens (including phenoxy) is 1. The quantitative estimate of drug-likeness (QED) is 0.827. The molecule has 1 aromatic heterocycles. The highest BCUT2D eigenvalue weighted by Gasteiger charge is 2.24.